The number of H-pyrrole nitrogens is 1. The number of benzene rings is 1. The number of nitrogens with zero attached hydrogens (tertiary/aromatic N) is 2. The standard InChI is InChI=1S/C18H24N4O4/c1-22(9-10-23)15-13(21-18(25)17-19-7-8-20-17)11-14(16(15)24)26-12-5-3-2-4-6-12/h2-8,13-16,23-24H,9-11H2,1H3,(H,19,20)(H,21,25)/t13-,14-,15+,16+/m1/s1. The van der Waals surface area contributed by atoms with Crippen LogP contribution < -0.4 is 10.1 Å². The molecule has 0 radical (unpaired) electrons. The first-order valence-corrected chi connectivity index (χ1v) is 8.61. The number of likely N-dealkylation sites (N-methyl/N-ethyl adjacent to an activating group) is 1. The number of aromatic amines is 1. The third-order valence-electron chi connectivity index (χ3n) is 4.65. The second-order valence-corrected chi connectivity index (χ2v) is 6.41. The molecule has 26 heavy (non-hydrogen) atoms. The summed E-state index contributed by atoms with van der Waals surface area (Å²) >= 11 is 0. The lowest BCUT2D eigenvalue weighted by Crippen LogP contribution is -2.52. The second-order valence-electron chi connectivity index (χ2n) is 6.41. The number of aliphatic hydroxyl groups is 2. The van der Waals surface area contributed by atoms with Crippen molar-refractivity contribution in [2.24, 2.45) is 0 Å². The molecule has 0 saturated heterocycles. The van der Waals surface area contributed by atoms with E-state index in [1.807, 2.05) is 35.2 Å². The third-order valence-corrected chi connectivity index (χ3v) is 4.65. The minimum atomic E-state index is -0.811. The molecular weight excluding hydrogens is 336 g/mol. The molecule has 4 N–H and O–H groups in total. The predicted octanol–water partition coefficient (Wildman–Crippen LogP) is 0.0130. The molecule has 1 aromatic carbocycles. The number of aliphatic hydroxyl groups excluding tert-OH is 2. The Balaban J connectivity index is 1.75. The van der Waals surface area contributed by atoms with Crippen molar-refractivity contribution >= 4 is 5.91 Å². The molecule has 0 aliphatic heterocycles. The Hall–Kier alpha value is -2.42. The number of para-hydroxylation sites is 1. The van der Waals surface area contributed by atoms with Crippen LogP contribution in [0, 0.1) is 0 Å². The lowest BCUT2D eigenvalue weighted by Gasteiger charge is -2.31. The summed E-state index contributed by atoms with van der Waals surface area (Å²) in [5.41, 5.74) is 0. The molecule has 1 amide bonds. The molecule has 1 aromatic heterocycles. The Morgan fingerprint density at radius 2 is 2.19 bits per heavy atom. The van der Waals surface area contributed by atoms with Crippen molar-refractivity contribution in [3.63, 3.8) is 0 Å². The Morgan fingerprint density at radius 1 is 1.42 bits per heavy atom. The molecule has 1 aliphatic carbocycles. The van der Waals surface area contributed by atoms with Crippen molar-refractivity contribution in [3.05, 3.63) is 48.5 Å². The van der Waals surface area contributed by atoms with Gasteiger partial charge in [-0.15, -0.1) is 0 Å². The van der Waals surface area contributed by atoms with E-state index in [0.717, 1.165) is 0 Å². The van der Waals surface area contributed by atoms with Crippen LogP contribution in [0.25, 0.3) is 0 Å². The summed E-state index contributed by atoms with van der Waals surface area (Å²) < 4.78 is 5.93. The topological polar surface area (TPSA) is 111 Å². The van der Waals surface area contributed by atoms with Crippen molar-refractivity contribution in [1.82, 2.24) is 20.2 Å². The van der Waals surface area contributed by atoms with Crippen molar-refractivity contribution in [2.45, 2.75) is 30.7 Å². The molecule has 140 valence electrons. The first-order chi connectivity index (χ1) is 12.6. The highest BCUT2D eigenvalue weighted by molar-refractivity contribution is 5.90. The first kappa shape index (κ1) is 18.4. The molecule has 3 rings (SSSR count). The molecule has 8 heteroatoms. The predicted molar refractivity (Wildman–Crippen MR) is 94.8 cm³/mol. The highest BCUT2D eigenvalue weighted by atomic mass is 16.5. The van der Waals surface area contributed by atoms with Crippen molar-refractivity contribution < 1.29 is 19.7 Å². The van der Waals surface area contributed by atoms with Crippen LogP contribution in [0.5, 0.6) is 5.75 Å². The van der Waals surface area contributed by atoms with Crippen LogP contribution in [0.1, 0.15) is 17.0 Å². The van der Waals surface area contributed by atoms with Gasteiger partial charge in [0.15, 0.2) is 5.82 Å². The van der Waals surface area contributed by atoms with E-state index in [1.165, 1.54) is 6.20 Å². The number of carbonyl (C=O) groups is 1. The van der Waals surface area contributed by atoms with Gasteiger partial charge in [-0.1, -0.05) is 18.2 Å². The first-order valence-electron chi connectivity index (χ1n) is 8.61. The van der Waals surface area contributed by atoms with E-state index in [-0.39, 0.29) is 30.4 Å². The van der Waals surface area contributed by atoms with Crippen molar-refractivity contribution in [3.8, 4) is 5.75 Å². The molecular formula is C18H24N4O4. The van der Waals surface area contributed by atoms with Crippen LogP contribution in [0.2, 0.25) is 0 Å². The third kappa shape index (κ3) is 4.04. The smallest absolute Gasteiger partial charge is 0.287 e. The van der Waals surface area contributed by atoms with Gasteiger partial charge in [0.05, 0.1) is 18.7 Å². The number of rotatable bonds is 7. The lowest BCUT2D eigenvalue weighted by molar-refractivity contribution is 0.0110. The molecule has 0 spiro atoms. The van der Waals surface area contributed by atoms with Gasteiger partial charge in [-0.2, -0.15) is 0 Å². The number of hydrogen-bond donors (Lipinski definition) is 4. The Labute approximate surface area is 151 Å². The van der Waals surface area contributed by atoms with Gasteiger partial charge >= 0.3 is 0 Å². The zero-order chi connectivity index (χ0) is 18.5. The fraction of sp³-hybridized carbons (Fsp3) is 0.444. The van der Waals surface area contributed by atoms with Gasteiger partial charge in [-0.3, -0.25) is 9.69 Å². The highest BCUT2D eigenvalue weighted by Crippen LogP contribution is 2.29. The molecule has 0 unspecified atom stereocenters. The normalized spacial score (nSPS) is 25.4. The Bertz CT molecular complexity index is 694. The molecule has 2 aromatic rings. The number of hydrogen-bond acceptors (Lipinski definition) is 6. The van der Waals surface area contributed by atoms with E-state index in [0.29, 0.717) is 18.7 Å². The number of amides is 1. The van der Waals surface area contributed by atoms with Crippen LogP contribution in [-0.2, 0) is 0 Å². The molecule has 1 aliphatic rings. The number of aromatic nitrogens is 2. The van der Waals surface area contributed by atoms with Crippen LogP contribution in [0.4, 0.5) is 0 Å². The number of nitrogens with one attached hydrogen (secondary N) is 2. The van der Waals surface area contributed by atoms with Gasteiger partial charge in [0.1, 0.15) is 18.0 Å². The van der Waals surface area contributed by atoms with E-state index in [9.17, 15) is 15.0 Å². The van der Waals surface area contributed by atoms with Gasteiger partial charge in [0.2, 0.25) is 0 Å². The quantitative estimate of drug-likeness (QED) is 0.554. The van der Waals surface area contributed by atoms with Gasteiger partial charge in [-0.05, 0) is 19.2 Å². The number of carbonyl (C=O) groups excluding carboxylic acids is 1. The molecule has 4 atom stereocenters. The van der Waals surface area contributed by atoms with E-state index >= 15 is 0 Å². The fourth-order valence-electron chi connectivity index (χ4n) is 3.42. The fourth-order valence-corrected chi connectivity index (χ4v) is 3.42. The lowest BCUT2D eigenvalue weighted by atomic mass is 10.1. The molecule has 1 fully saturated rings. The van der Waals surface area contributed by atoms with Gasteiger partial charge in [0, 0.05) is 25.4 Å². The summed E-state index contributed by atoms with van der Waals surface area (Å²) in [4.78, 5) is 20.9. The van der Waals surface area contributed by atoms with Crippen molar-refractivity contribution in [2.75, 3.05) is 20.2 Å². The van der Waals surface area contributed by atoms with E-state index < -0.39 is 12.2 Å². The SMILES string of the molecule is CN(CCO)[C@@H]1[C@@H](O)[C@H](Oc2ccccc2)C[C@H]1NC(=O)c1ncc[nH]1. The summed E-state index contributed by atoms with van der Waals surface area (Å²) in [6, 6.07) is 8.55. The maximum atomic E-state index is 12.4. The van der Waals surface area contributed by atoms with Crippen LogP contribution in [-0.4, -0.2) is 75.5 Å². The minimum Gasteiger partial charge on any atom is -0.488 e. The summed E-state index contributed by atoms with van der Waals surface area (Å²) in [6.07, 6.45) is 2.26. The largest absolute Gasteiger partial charge is 0.488 e. The van der Waals surface area contributed by atoms with Crippen molar-refractivity contribution in [1.29, 1.82) is 0 Å². The molecule has 1 saturated carbocycles. The average molecular weight is 360 g/mol. The van der Waals surface area contributed by atoms with Gasteiger partial charge in [-0.25, -0.2) is 4.98 Å². The highest BCUT2D eigenvalue weighted by Gasteiger charge is 2.46. The van der Waals surface area contributed by atoms with Crippen LogP contribution in [0.3, 0.4) is 0 Å². The maximum absolute atomic E-state index is 12.4. The molecule has 0 bridgehead atoms. The maximum Gasteiger partial charge on any atom is 0.287 e. The monoisotopic (exact) mass is 360 g/mol. The molecule has 1 heterocycles. The number of imidazole rings is 1. The minimum absolute atomic E-state index is 0.0389. The van der Waals surface area contributed by atoms with Gasteiger partial charge < -0.3 is 25.3 Å². The van der Waals surface area contributed by atoms with E-state index in [1.54, 1.807) is 13.2 Å². The van der Waals surface area contributed by atoms with Gasteiger partial charge in [0.25, 0.3) is 5.91 Å². The zero-order valence-electron chi connectivity index (χ0n) is 14.6. The van der Waals surface area contributed by atoms with E-state index in [2.05, 4.69) is 15.3 Å². The molecule has 8 nitrogen and oxygen atoms in total. The van der Waals surface area contributed by atoms with Crippen LogP contribution in [0.15, 0.2) is 42.7 Å². The summed E-state index contributed by atoms with van der Waals surface area (Å²) in [5, 5.41) is 23.0. The summed E-state index contributed by atoms with van der Waals surface area (Å²) in [7, 11) is 1.81. The second kappa shape index (κ2) is 8.31. The summed E-state index contributed by atoms with van der Waals surface area (Å²) in [5.74, 6) is 0.545. The van der Waals surface area contributed by atoms with E-state index in [4.69, 9.17) is 4.74 Å². The average Bonchev–Trinajstić information content (AvgIpc) is 3.25. The van der Waals surface area contributed by atoms with Crippen LogP contribution >= 0.6 is 0 Å². The zero-order valence-corrected chi connectivity index (χ0v) is 14.6. The summed E-state index contributed by atoms with van der Waals surface area (Å²) in [6.45, 7) is 0.343. The number of ether oxygens (including phenoxy) is 1. The Morgan fingerprint density at radius 3 is 2.85 bits per heavy atom. The Kier molecular flexibility index (Phi) is 5.87.